The minimum atomic E-state index is -4.69. The number of halogens is 6. The van der Waals surface area contributed by atoms with E-state index in [4.69, 9.17) is 34.8 Å². The number of nitrogens with zero attached hydrogens (tertiary/aromatic N) is 1. The summed E-state index contributed by atoms with van der Waals surface area (Å²) in [5.74, 6) is -1.63. The number of amides is 1. The molecule has 3 rings (SSSR count). The highest BCUT2D eigenvalue weighted by Gasteiger charge is 2.36. The molecule has 0 radical (unpaired) electrons. The third kappa shape index (κ3) is 5.88. The fourth-order valence-electron chi connectivity index (χ4n) is 3.43. The Morgan fingerprint density at radius 3 is 2.22 bits per heavy atom. The van der Waals surface area contributed by atoms with Crippen LogP contribution < -0.4 is 5.32 Å². The molecule has 32 heavy (non-hydrogen) atoms. The summed E-state index contributed by atoms with van der Waals surface area (Å²) in [4.78, 5) is 12.6. The lowest BCUT2D eigenvalue weighted by atomic mass is 9.97. The summed E-state index contributed by atoms with van der Waals surface area (Å²) in [5, 5.41) is 2.67. The molecule has 1 aliphatic heterocycles. The fourth-order valence-corrected chi connectivity index (χ4v) is 5.92. The van der Waals surface area contributed by atoms with Crippen LogP contribution in [0.1, 0.15) is 24.0 Å². The van der Waals surface area contributed by atoms with Gasteiger partial charge in [0, 0.05) is 39.6 Å². The van der Waals surface area contributed by atoms with Crippen LogP contribution >= 0.6 is 34.8 Å². The first-order valence-electron chi connectivity index (χ1n) is 9.47. The summed E-state index contributed by atoms with van der Waals surface area (Å²) in [6, 6.07) is 7.78. The van der Waals surface area contributed by atoms with Crippen molar-refractivity contribution in [2.24, 2.45) is 5.92 Å². The smallest absolute Gasteiger partial charge is 0.325 e. The molecule has 0 spiro atoms. The molecule has 2 aromatic rings. The molecule has 174 valence electrons. The van der Waals surface area contributed by atoms with Crippen LogP contribution in [-0.4, -0.2) is 31.7 Å². The maximum atomic E-state index is 13.2. The lowest BCUT2D eigenvalue weighted by molar-refractivity contribution is -0.137. The number of rotatable bonds is 5. The standard InChI is InChI=1S/C20H18Cl3F3N2O3S/c21-13-4-5-18(15(10-13)20(24,25)26)27-19(29)12-6-8-28(9-7-12)32(30,31)11-14-16(22)2-1-3-17(14)23/h1-5,10,12H,6-9,11H2,(H,27,29). The van der Waals surface area contributed by atoms with E-state index < -0.39 is 39.3 Å². The second-order valence-electron chi connectivity index (χ2n) is 7.31. The molecule has 1 heterocycles. The van der Waals surface area contributed by atoms with Gasteiger partial charge in [0.1, 0.15) is 0 Å². The number of carbonyl (C=O) groups excluding carboxylic acids is 1. The van der Waals surface area contributed by atoms with Crippen LogP contribution in [0.3, 0.4) is 0 Å². The van der Waals surface area contributed by atoms with Crippen molar-refractivity contribution < 1.29 is 26.4 Å². The molecule has 0 saturated carbocycles. The van der Waals surface area contributed by atoms with Crippen LogP contribution in [0, 0.1) is 5.92 Å². The molecule has 1 saturated heterocycles. The molecule has 0 aromatic heterocycles. The van der Waals surface area contributed by atoms with Crippen molar-refractivity contribution in [3.8, 4) is 0 Å². The monoisotopic (exact) mass is 528 g/mol. The molecule has 1 N–H and O–H groups in total. The van der Waals surface area contributed by atoms with Gasteiger partial charge in [0.05, 0.1) is 17.0 Å². The maximum Gasteiger partial charge on any atom is 0.418 e. The zero-order valence-electron chi connectivity index (χ0n) is 16.4. The second kappa shape index (κ2) is 9.77. The number of anilines is 1. The van der Waals surface area contributed by atoms with E-state index >= 15 is 0 Å². The van der Waals surface area contributed by atoms with E-state index in [-0.39, 0.29) is 52.3 Å². The minimum Gasteiger partial charge on any atom is -0.325 e. The maximum absolute atomic E-state index is 13.2. The lowest BCUT2D eigenvalue weighted by Gasteiger charge is -2.31. The van der Waals surface area contributed by atoms with Crippen LogP contribution in [0.4, 0.5) is 18.9 Å². The minimum absolute atomic E-state index is 0.0508. The molecule has 12 heteroatoms. The van der Waals surface area contributed by atoms with E-state index in [1.165, 1.54) is 10.4 Å². The van der Waals surface area contributed by atoms with Gasteiger partial charge in [-0.3, -0.25) is 4.79 Å². The van der Waals surface area contributed by atoms with Crippen LogP contribution in [-0.2, 0) is 26.7 Å². The Kier molecular flexibility index (Phi) is 7.66. The molecular weight excluding hydrogens is 512 g/mol. The summed E-state index contributed by atoms with van der Waals surface area (Å²) < 4.78 is 66.5. The highest BCUT2D eigenvalue weighted by Crippen LogP contribution is 2.37. The van der Waals surface area contributed by atoms with Crippen molar-refractivity contribution in [1.82, 2.24) is 4.31 Å². The van der Waals surface area contributed by atoms with Gasteiger partial charge in [-0.25, -0.2) is 12.7 Å². The number of hydrogen-bond donors (Lipinski definition) is 1. The highest BCUT2D eigenvalue weighted by molar-refractivity contribution is 7.88. The number of sulfonamides is 1. The van der Waals surface area contributed by atoms with Gasteiger partial charge in [0.15, 0.2) is 0 Å². The Morgan fingerprint density at radius 1 is 1.06 bits per heavy atom. The van der Waals surface area contributed by atoms with E-state index in [1.54, 1.807) is 18.2 Å². The first-order chi connectivity index (χ1) is 14.9. The molecule has 0 atom stereocenters. The van der Waals surface area contributed by atoms with E-state index in [0.29, 0.717) is 0 Å². The first kappa shape index (κ1) is 25.1. The van der Waals surface area contributed by atoms with Gasteiger partial charge in [-0.05, 0) is 43.2 Å². The van der Waals surface area contributed by atoms with E-state index in [1.807, 2.05) is 0 Å². The average molecular weight is 530 g/mol. The van der Waals surface area contributed by atoms with E-state index in [0.717, 1.165) is 12.1 Å². The Morgan fingerprint density at radius 2 is 1.66 bits per heavy atom. The Balaban J connectivity index is 1.65. The predicted molar refractivity (Wildman–Crippen MR) is 118 cm³/mol. The summed E-state index contributed by atoms with van der Waals surface area (Å²) >= 11 is 17.8. The molecule has 0 bridgehead atoms. The largest absolute Gasteiger partial charge is 0.418 e. The van der Waals surface area contributed by atoms with Gasteiger partial charge in [-0.15, -0.1) is 0 Å². The Bertz CT molecular complexity index is 1100. The van der Waals surface area contributed by atoms with Crippen molar-refractivity contribution in [2.75, 3.05) is 18.4 Å². The molecule has 1 amide bonds. The first-order valence-corrected chi connectivity index (χ1v) is 12.2. The molecule has 5 nitrogen and oxygen atoms in total. The van der Waals surface area contributed by atoms with Gasteiger partial charge in [-0.2, -0.15) is 13.2 Å². The van der Waals surface area contributed by atoms with Crippen LogP contribution in [0.25, 0.3) is 0 Å². The molecule has 1 fully saturated rings. The van der Waals surface area contributed by atoms with Crippen molar-refractivity contribution in [2.45, 2.75) is 24.8 Å². The molecule has 0 unspecified atom stereocenters. The number of piperidine rings is 1. The van der Waals surface area contributed by atoms with Gasteiger partial charge >= 0.3 is 6.18 Å². The second-order valence-corrected chi connectivity index (χ2v) is 10.5. The molecular formula is C20H18Cl3F3N2O3S. The number of alkyl halides is 3. The average Bonchev–Trinajstić information content (AvgIpc) is 2.71. The zero-order valence-corrected chi connectivity index (χ0v) is 19.5. The van der Waals surface area contributed by atoms with E-state index in [9.17, 15) is 26.4 Å². The zero-order chi connectivity index (χ0) is 23.7. The van der Waals surface area contributed by atoms with Gasteiger partial charge in [0.25, 0.3) is 0 Å². The summed E-state index contributed by atoms with van der Waals surface area (Å²) in [7, 11) is -3.75. The summed E-state index contributed by atoms with van der Waals surface area (Å²) in [5.41, 5.74) is -1.15. The van der Waals surface area contributed by atoms with Crippen molar-refractivity contribution in [3.63, 3.8) is 0 Å². The number of benzene rings is 2. The van der Waals surface area contributed by atoms with Crippen LogP contribution in [0.5, 0.6) is 0 Å². The van der Waals surface area contributed by atoms with Crippen molar-refractivity contribution in [1.29, 1.82) is 0 Å². The number of carbonyl (C=O) groups is 1. The van der Waals surface area contributed by atoms with Crippen LogP contribution in [0.2, 0.25) is 15.1 Å². The van der Waals surface area contributed by atoms with Crippen LogP contribution in [0.15, 0.2) is 36.4 Å². The van der Waals surface area contributed by atoms with E-state index in [2.05, 4.69) is 5.32 Å². The van der Waals surface area contributed by atoms with Gasteiger partial charge in [-0.1, -0.05) is 40.9 Å². The Labute approximate surface area is 198 Å². The third-order valence-electron chi connectivity index (χ3n) is 5.15. The highest BCUT2D eigenvalue weighted by atomic mass is 35.5. The normalized spacial score (nSPS) is 16.2. The summed E-state index contributed by atoms with van der Waals surface area (Å²) in [6.45, 7) is 0.102. The van der Waals surface area contributed by atoms with Crippen molar-refractivity contribution in [3.05, 3.63) is 62.6 Å². The summed E-state index contributed by atoms with van der Waals surface area (Å²) in [6.07, 6.45) is -4.36. The molecule has 0 aliphatic carbocycles. The number of hydrogen-bond acceptors (Lipinski definition) is 3. The molecule has 2 aromatic carbocycles. The van der Waals surface area contributed by atoms with Gasteiger partial charge < -0.3 is 5.32 Å². The predicted octanol–water partition coefficient (Wildman–Crippen LogP) is 5.85. The van der Waals surface area contributed by atoms with Crippen molar-refractivity contribution >= 4 is 56.4 Å². The SMILES string of the molecule is O=C(Nc1ccc(Cl)cc1C(F)(F)F)C1CCN(S(=O)(=O)Cc2c(Cl)cccc2Cl)CC1. The lowest BCUT2D eigenvalue weighted by Crippen LogP contribution is -2.42. The Hall–Kier alpha value is -1.52. The van der Waals surface area contributed by atoms with Gasteiger partial charge in [0.2, 0.25) is 15.9 Å². The third-order valence-corrected chi connectivity index (χ3v) is 7.90. The topological polar surface area (TPSA) is 66.5 Å². The number of nitrogens with one attached hydrogen (secondary N) is 1. The molecule has 1 aliphatic rings. The quantitative estimate of drug-likeness (QED) is 0.529. The fraction of sp³-hybridized carbons (Fsp3) is 0.350.